The predicted molar refractivity (Wildman–Crippen MR) is 104 cm³/mol. The minimum absolute atomic E-state index is 0.0112. The van der Waals surface area contributed by atoms with Crippen LogP contribution in [0, 0.1) is 0 Å². The van der Waals surface area contributed by atoms with Crippen LogP contribution in [0.1, 0.15) is 28.5 Å². The molecule has 6 heteroatoms. The van der Waals surface area contributed by atoms with Crippen molar-refractivity contribution in [3.63, 3.8) is 0 Å². The first-order valence-electron chi connectivity index (χ1n) is 9.12. The first-order valence-corrected chi connectivity index (χ1v) is 9.12. The molecule has 6 nitrogen and oxygen atoms in total. The molecule has 2 aromatic carbocycles. The molecule has 0 spiro atoms. The fraction of sp³-hybridized carbons (Fsp3) is 0.381. The zero-order chi connectivity index (χ0) is 19.1. The Kier molecular flexibility index (Phi) is 6.68. The fourth-order valence-corrected chi connectivity index (χ4v) is 3.22. The number of rotatable bonds is 9. The van der Waals surface area contributed by atoms with Gasteiger partial charge in [0.2, 0.25) is 0 Å². The van der Waals surface area contributed by atoms with Crippen molar-refractivity contribution in [3.05, 3.63) is 59.7 Å². The zero-order valence-electron chi connectivity index (χ0n) is 15.8. The van der Waals surface area contributed by atoms with Crippen LogP contribution in [0.15, 0.2) is 48.5 Å². The second-order valence-corrected chi connectivity index (χ2v) is 6.32. The standard InChI is InChI=1S/C21H26N2O4/c1-25-13-7-12-23-20(22-18-10-5-3-8-16(18)21(23)24)17-9-4-6-11-19(17)27-15-14-26-2/h3-6,8-11,20,22H,7,12-15H2,1-2H3. The summed E-state index contributed by atoms with van der Waals surface area (Å²) in [6.45, 7) is 2.15. The summed E-state index contributed by atoms with van der Waals surface area (Å²) in [4.78, 5) is 15.0. The lowest BCUT2D eigenvalue weighted by Gasteiger charge is -2.38. The third-order valence-electron chi connectivity index (χ3n) is 4.53. The van der Waals surface area contributed by atoms with E-state index in [1.807, 2.05) is 53.4 Å². The lowest BCUT2D eigenvalue weighted by Crippen LogP contribution is -2.43. The maximum Gasteiger partial charge on any atom is 0.257 e. The molecular weight excluding hydrogens is 344 g/mol. The Morgan fingerprint density at radius 1 is 0.963 bits per heavy atom. The molecule has 1 N–H and O–H groups in total. The van der Waals surface area contributed by atoms with Crippen molar-refractivity contribution in [2.24, 2.45) is 0 Å². The van der Waals surface area contributed by atoms with Gasteiger partial charge in [0.1, 0.15) is 18.5 Å². The molecule has 3 rings (SSSR count). The summed E-state index contributed by atoms with van der Waals surface area (Å²) >= 11 is 0. The summed E-state index contributed by atoms with van der Waals surface area (Å²) in [6, 6.07) is 15.4. The van der Waals surface area contributed by atoms with E-state index in [0.717, 1.165) is 23.4 Å². The number of hydrogen-bond acceptors (Lipinski definition) is 5. The molecule has 1 heterocycles. The minimum Gasteiger partial charge on any atom is -0.491 e. The van der Waals surface area contributed by atoms with E-state index >= 15 is 0 Å². The van der Waals surface area contributed by atoms with Crippen molar-refractivity contribution in [2.75, 3.05) is 45.9 Å². The van der Waals surface area contributed by atoms with Gasteiger partial charge in [-0.15, -0.1) is 0 Å². The van der Waals surface area contributed by atoms with E-state index in [1.165, 1.54) is 0 Å². The minimum atomic E-state index is -0.303. The number of carbonyl (C=O) groups excluding carboxylic acids is 1. The fourth-order valence-electron chi connectivity index (χ4n) is 3.22. The number of carbonyl (C=O) groups is 1. The Hall–Kier alpha value is -2.57. The first-order chi connectivity index (χ1) is 13.3. The van der Waals surface area contributed by atoms with Gasteiger partial charge in [0, 0.05) is 38.6 Å². The van der Waals surface area contributed by atoms with Gasteiger partial charge in [-0.1, -0.05) is 30.3 Å². The molecule has 0 bridgehead atoms. The van der Waals surface area contributed by atoms with Crippen molar-refractivity contribution < 1.29 is 19.0 Å². The Labute approximate surface area is 160 Å². The molecule has 0 radical (unpaired) electrons. The number of fused-ring (bicyclic) bond motifs is 1. The van der Waals surface area contributed by atoms with E-state index < -0.39 is 0 Å². The molecule has 0 fully saturated rings. The quantitative estimate of drug-likeness (QED) is 0.686. The van der Waals surface area contributed by atoms with Crippen LogP contribution in [0.3, 0.4) is 0 Å². The molecule has 0 aromatic heterocycles. The lowest BCUT2D eigenvalue weighted by molar-refractivity contribution is 0.0656. The van der Waals surface area contributed by atoms with Gasteiger partial charge in [0.15, 0.2) is 0 Å². The third-order valence-corrected chi connectivity index (χ3v) is 4.53. The van der Waals surface area contributed by atoms with Gasteiger partial charge in [0.05, 0.1) is 12.2 Å². The molecule has 1 unspecified atom stereocenters. The smallest absolute Gasteiger partial charge is 0.257 e. The van der Waals surface area contributed by atoms with Crippen LogP contribution in [0.2, 0.25) is 0 Å². The molecule has 1 atom stereocenters. The highest BCUT2D eigenvalue weighted by molar-refractivity contribution is 6.01. The molecule has 27 heavy (non-hydrogen) atoms. The summed E-state index contributed by atoms with van der Waals surface area (Å²) in [7, 11) is 3.31. The van der Waals surface area contributed by atoms with Crippen molar-refractivity contribution in [2.45, 2.75) is 12.6 Å². The average Bonchev–Trinajstić information content (AvgIpc) is 2.70. The molecule has 0 saturated carbocycles. The lowest BCUT2D eigenvalue weighted by atomic mass is 10.0. The van der Waals surface area contributed by atoms with E-state index in [0.29, 0.717) is 31.9 Å². The molecule has 1 aliphatic heterocycles. The largest absolute Gasteiger partial charge is 0.491 e. The number of nitrogens with zero attached hydrogens (tertiary/aromatic N) is 1. The van der Waals surface area contributed by atoms with E-state index in [-0.39, 0.29) is 12.1 Å². The van der Waals surface area contributed by atoms with Crippen molar-refractivity contribution in [3.8, 4) is 5.75 Å². The third kappa shape index (κ3) is 4.40. The van der Waals surface area contributed by atoms with Crippen LogP contribution in [0.25, 0.3) is 0 Å². The highest BCUT2D eigenvalue weighted by Crippen LogP contribution is 2.36. The number of methoxy groups -OCH3 is 2. The van der Waals surface area contributed by atoms with Crippen LogP contribution >= 0.6 is 0 Å². The van der Waals surface area contributed by atoms with Crippen LogP contribution in [0.5, 0.6) is 5.75 Å². The second kappa shape index (κ2) is 9.39. The number of benzene rings is 2. The Bertz CT molecular complexity index is 765. The van der Waals surface area contributed by atoms with Gasteiger partial charge >= 0.3 is 0 Å². The van der Waals surface area contributed by atoms with Crippen LogP contribution in [-0.2, 0) is 9.47 Å². The van der Waals surface area contributed by atoms with E-state index in [2.05, 4.69) is 5.32 Å². The van der Waals surface area contributed by atoms with Crippen molar-refractivity contribution >= 4 is 11.6 Å². The molecule has 2 aromatic rings. The molecule has 1 aliphatic rings. The number of amides is 1. The number of para-hydroxylation sites is 2. The first kappa shape index (κ1) is 19.2. The molecular formula is C21H26N2O4. The molecule has 0 aliphatic carbocycles. The van der Waals surface area contributed by atoms with Gasteiger partial charge in [-0.2, -0.15) is 0 Å². The SMILES string of the molecule is COCCCN1C(=O)c2ccccc2NC1c1ccccc1OCCOC. The van der Waals surface area contributed by atoms with E-state index in [4.69, 9.17) is 14.2 Å². The van der Waals surface area contributed by atoms with Gasteiger partial charge in [-0.25, -0.2) is 0 Å². The number of hydrogen-bond donors (Lipinski definition) is 1. The monoisotopic (exact) mass is 370 g/mol. The molecule has 0 saturated heterocycles. The van der Waals surface area contributed by atoms with Gasteiger partial charge in [-0.3, -0.25) is 4.79 Å². The number of anilines is 1. The highest BCUT2D eigenvalue weighted by Gasteiger charge is 2.33. The molecule has 144 valence electrons. The Morgan fingerprint density at radius 3 is 2.52 bits per heavy atom. The van der Waals surface area contributed by atoms with Gasteiger partial charge in [-0.05, 0) is 24.6 Å². The van der Waals surface area contributed by atoms with E-state index in [1.54, 1.807) is 14.2 Å². The average molecular weight is 370 g/mol. The predicted octanol–water partition coefficient (Wildman–Crippen LogP) is 3.31. The van der Waals surface area contributed by atoms with Crippen LogP contribution in [0.4, 0.5) is 5.69 Å². The number of ether oxygens (including phenoxy) is 3. The molecule has 1 amide bonds. The van der Waals surface area contributed by atoms with Crippen LogP contribution in [-0.4, -0.2) is 51.4 Å². The summed E-state index contributed by atoms with van der Waals surface area (Å²) in [5, 5.41) is 3.50. The normalized spacial score (nSPS) is 16.0. The zero-order valence-corrected chi connectivity index (χ0v) is 15.8. The van der Waals surface area contributed by atoms with Crippen molar-refractivity contribution in [1.29, 1.82) is 0 Å². The van der Waals surface area contributed by atoms with E-state index in [9.17, 15) is 4.79 Å². The van der Waals surface area contributed by atoms with Crippen molar-refractivity contribution in [1.82, 2.24) is 4.90 Å². The topological polar surface area (TPSA) is 60.0 Å². The maximum absolute atomic E-state index is 13.2. The highest BCUT2D eigenvalue weighted by atomic mass is 16.5. The Morgan fingerprint density at radius 2 is 1.70 bits per heavy atom. The van der Waals surface area contributed by atoms with Gasteiger partial charge < -0.3 is 24.4 Å². The van der Waals surface area contributed by atoms with Crippen LogP contribution < -0.4 is 10.1 Å². The summed E-state index contributed by atoms with van der Waals surface area (Å²) in [5.41, 5.74) is 2.44. The second-order valence-electron chi connectivity index (χ2n) is 6.32. The summed E-state index contributed by atoms with van der Waals surface area (Å²) in [6.07, 6.45) is 0.456. The Balaban J connectivity index is 1.92. The number of nitrogens with one attached hydrogen (secondary N) is 1. The summed E-state index contributed by atoms with van der Waals surface area (Å²) < 4.78 is 16.2. The maximum atomic E-state index is 13.2. The summed E-state index contributed by atoms with van der Waals surface area (Å²) in [5.74, 6) is 0.758. The van der Waals surface area contributed by atoms with Gasteiger partial charge in [0.25, 0.3) is 5.91 Å².